The van der Waals surface area contributed by atoms with Gasteiger partial charge >= 0.3 is 0 Å². The lowest BCUT2D eigenvalue weighted by atomic mass is 10.1. The summed E-state index contributed by atoms with van der Waals surface area (Å²) in [7, 11) is -3.60. The number of amides is 2. The van der Waals surface area contributed by atoms with E-state index < -0.39 is 16.1 Å². The third-order valence-electron chi connectivity index (χ3n) is 6.76. The van der Waals surface area contributed by atoms with Crippen molar-refractivity contribution in [3.8, 4) is 0 Å². The minimum Gasteiger partial charge on any atom is -0.352 e. The average molecular weight is 569 g/mol. The van der Waals surface area contributed by atoms with Crippen LogP contribution in [0.5, 0.6) is 0 Å². The largest absolute Gasteiger partial charge is 0.352 e. The molecule has 1 atom stereocenters. The van der Waals surface area contributed by atoms with Gasteiger partial charge in [-0.3, -0.25) is 13.9 Å². The van der Waals surface area contributed by atoms with Gasteiger partial charge in [0, 0.05) is 35.6 Å². The van der Waals surface area contributed by atoms with E-state index in [0.29, 0.717) is 15.7 Å². The van der Waals surface area contributed by atoms with E-state index in [1.807, 2.05) is 25.1 Å². The Morgan fingerprint density at radius 1 is 1.11 bits per heavy atom. The van der Waals surface area contributed by atoms with E-state index in [2.05, 4.69) is 5.32 Å². The molecule has 0 bridgehead atoms. The molecule has 2 aromatic rings. The highest BCUT2D eigenvalue weighted by atomic mass is 35.5. The number of sulfonamides is 1. The molecule has 0 spiro atoms. The molecule has 0 aromatic heterocycles. The van der Waals surface area contributed by atoms with Gasteiger partial charge in [-0.15, -0.1) is 0 Å². The first-order chi connectivity index (χ1) is 17.5. The summed E-state index contributed by atoms with van der Waals surface area (Å²) in [5, 5.41) is 4.02. The molecule has 0 aliphatic heterocycles. The van der Waals surface area contributed by atoms with Crippen LogP contribution in [0.25, 0.3) is 0 Å². The Morgan fingerprint density at radius 2 is 1.78 bits per heavy atom. The molecule has 1 aliphatic rings. The zero-order valence-corrected chi connectivity index (χ0v) is 23.9. The standard InChI is InChI=1S/C27H35Cl2N3O4S/c1-19-14-15-22(28)17-25(19)32(37(3,35)36)16-8-13-26(33)31(18-21-9-4-7-12-24(21)29)20(2)27(34)30-23-10-5-6-11-23/h4,7,9,12,14-15,17,20,23H,5-6,8,10-11,13,16,18H2,1-3H3,(H,30,34)/t20-/m0/s1. The second-order valence-corrected chi connectivity index (χ2v) is 12.4. The van der Waals surface area contributed by atoms with Gasteiger partial charge in [-0.25, -0.2) is 8.42 Å². The predicted molar refractivity (Wildman–Crippen MR) is 149 cm³/mol. The topological polar surface area (TPSA) is 86.8 Å². The van der Waals surface area contributed by atoms with E-state index >= 15 is 0 Å². The monoisotopic (exact) mass is 567 g/mol. The van der Waals surface area contributed by atoms with Gasteiger partial charge in [0.1, 0.15) is 6.04 Å². The number of benzene rings is 2. The molecule has 1 saturated carbocycles. The summed E-state index contributed by atoms with van der Waals surface area (Å²) in [6, 6.07) is 11.7. The lowest BCUT2D eigenvalue weighted by Gasteiger charge is -2.30. The van der Waals surface area contributed by atoms with Crippen LogP contribution >= 0.6 is 23.2 Å². The molecule has 2 amide bonds. The molecule has 1 N–H and O–H groups in total. The molecule has 1 aliphatic carbocycles. The van der Waals surface area contributed by atoms with Crippen LogP contribution in [0.4, 0.5) is 5.69 Å². The van der Waals surface area contributed by atoms with Crippen LogP contribution in [0.1, 0.15) is 56.6 Å². The van der Waals surface area contributed by atoms with Crippen molar-refractivity contribution in [1.29, 1.82) is 0 Å². The van der Waals surface area contributed by atoms with Gasteiger partial charge in [0.25, 0.3) is 0 Å². The SMILES string of the molecule is Cc1ccc(Cl)cc1N(CCCC(=O)N(Cc1ccccc1Cl)[C@@H](C)C(=O)NC1CCCC1)S(C)(=O)=O. The summed E-state index contributed by atoms with van der Waals surface area (Å²) in [5.41, 5.74) is 1.99. The fourth-order valence-corrected chi connectivity index (χ4v) is 5.99. The van der Waals surface area contributed by atoms with Crippen LogP contribution in [0, 0.1) is 6.92 Å². The number of aryl methyl sites for hydroxylation is 1. The predicted octanol–water partition coefficient (Wildman–Crippen LogP) is 5.32. The van der Waals surface area contributed by atoms with Crippen molar-refractivity contribution in [2.45, 2.75) is 71.0 Å². The summed E-state index contributed by atoms with van der Waals surface area (Å²) in [6.45, 7) is 3.82. The molecular formula is C27H35Cl2N3O4S. The van der Waals surface area contributed by atoms with E-state index in [9.17, 15) is 18.0 Å². The Labute approximate surface area is 230 Å². The van der Waals surface area contributed by atoms with Crippen LogP contribution in [0.2, 0.25) is 10.0 Å². The van der Waals surface area contributed by atoms with Crippen LogP contribution in [0.3, 0.4) is 0 Å². The van der Waals surface area contributed by atoms with Gasteiger partial charge in [0.2, 0.25) is 21.8 Å². The quantitative estimate of drug-likeness (QED) is 0.398. The molecule has 0 heterocycles. The van der Waals surface area contributed by atoms with E-state index in [1.54, 1.807) is 31.2 Å². The highest BCUT2D eigenvalue weighted by Gasteiger charge is 2.29. The average Bonchev–Trinajstić information content (AvgIpc) is 3.34. The van der Waals surface area contributed by atoms with Gasteiger partial charge in [-0.2, -0.15) is 0 Å². The summed E-state index contributed by atoms with van der Waals surface area (Å²) in [4.78, 5) is 28.0. The third kappa shape index (κ3) is 8.09. The van der Waals surface area contributed by atoms with Gasteiger partial charge in [-0.05, 0) is 62.4 Å². The number of nitrogens with zero attached hydrogens (tertiary/aromatic N) is 2. The number of hydrogen-bond donors (Lipinski definition) is 1. The second-order valence-electron chi connectivity index (χ2n) is 9.65. The van der Waals surface area contributed by atoms with Gasteiger partial charge in [-0.1, -0.05) is 60.3 Å². The highest BCUT2D eigenvalue weighted by molar-refractivity contribution is 7.92. The lowest BCUT2D eigenvalue weighted by Crippen LogP contribution is -2.49. The molecule has 37 heavy (non-hydrogen) atoms. The Hall–Kier alpha value is -2.29. The highest BCUT2D eigenvalue weighted by Crippen LogP contribution is 2.27. The zero-order chi connectivity index (χ0) is 27.2. The van der Waals surface area contributed by atoms with E-state index in [0.717, 1.165) is 43.1 Å². The van der Waals surface area contributed by atoms with E-state index in [4.69, 9.17) is 23.2 Å². The summed E-state index contributed by atoms with van der Waals surface area (Å²) >= 11 is 12.5. The van der Waals surface area contributed by atoms with Crippen LogP contribution in [-0.2, 0) is 26.2 Å². The van der Waals surface area contributed by atoms with Crippen molar-refractivity contribution in [1.82, 2.24) is 10.2 Å². The maximum Gasteiger partial charge on any atom is 0.242 e. The normalized spacial score (nSPS) is 14.8. The van der Waals surface area contributed by atoms with Crippen molar-refractivity contribution in [3.63, 3.8) is 0 Å². The van der Waals surface area contributed by atoms with Gasteiger partial charge in [0.15, 0.2) is 0 Å². The summed E-state index contributed by atoms with van der Waals surface area (Å²) in [6.07, 6.45) is 5.54. The van der Waals surface area contributed by atoms with Gasteiger partial charge < -0.3 is 10.2 Å². The first kappa shape index (κ1) is 29.3. The smallest absolute Gasteiger partial charge is 0.242 e. The Kier molecular flexibility index (Phi) is 10.3. The fourth-order valence-electron chi connectivity index (χ4n) is 4.62. The lowest BCUT2D eigenvalue weighted by molar-refractivity contribution is -0.140. The number of carbonyl (C=O) groups excluding carboxylic acids is 2. The molecule has 2 aromatic carbocycles. The summed E-state index contributed by atoms with van der Waals surface area (Å²) < 4.78 is 26.4. The minimum absolute atomic E-state index is 0.0666. The molecule has 7 nitrogen and oxygen atoms in total. The van der Waals surface area contributed by atoms with Crippen molar-refractivity contribution in [2.24, 2.45) is 0 Å². The fraction of sp³-hybridized carbons (Fsp3) is 0.481. The summed E-state index contributed by atoms with van der Waals surface area (Å²) in [5.74, 6) is -0.440. The molecule has 3 rings (SSSR count). The van der Waals surface area contributed by atoms with E-state index in [-0.39, 0.29) is 43.8 Å². The van der Waals surface area contributed by atoms with Crippen molar-refractivity contribution in [2.75, 3.05) is 17.1 Å². The van der Waals surface area contributed by atoms with Crippen LogP contribution in [0.15, 0.2) is 42.5 Å². The first-order valence-electron chi connectivity index (χ1n) is 12.5. The maximum atomic E-state index is 13.4. The number of anilines is 1. The minimum atomic E-state index is -3.60. The molecule has 202 valence electrons. The van der Waals surface area contributed by atoms with Crippen molar-refractivity contribution >= 4 is 50.7 Å². The van der Waals surface area contributed by atoms with Crippen LogP contribution in [-0.4, -0.2) is 50.0 Å². The number of carbonyl (C=O) groups is 2. The Morgan fingerprint density at radius 3 is 2.43 bits per heavy atom. The maximum absolute atomic E-state index is 13.4. The van der Waals surface area contributed by atoms with Crippen molar-refractivity contribution in [3.05, 3.63) is 63.6 Å². The number of hydrogen-bond acceptors (Lipinski definition) is 4. The molecular weight excluding hydrogens is 533 g/mol. The molecule has 10 heteroatoms. The van der Waals surface area contributed by atoms with E-state index in [1.165, 1.54) is 9.21 Å². The molecule has 0 unspecified atom stereocenters. The number of nitrogens with one attached hydrogen (secondary N) is 1. The first-order valence-corrected chi connectivity index (χ1v) is 15.1. The van der Waals surface area contributed by atoms with Crippen molar-refractivity contribution < 1.29 is 18.0 Å². The molecule has 1 fully saturated rings. The van der Waals surface area contributed by atoms with Gasteiger partial charge in [0.05, 0.1) is 11.9 Å². The molecule has 0 saturated heterocycles. The Bertz CT molecular complexity index is 1220. The second kappa shape index (κ2) is 13.0. The molecule has 0 radical (unpaired) electrons. The number of halogens is 2. The number of rotatable bonds is 11. The third-order valence-corrected chi connectivity index (χ3v) is 8.54. The van der Waals surface area contributed by atoms with Crippen LogP contribution < -0.4 is 9.62 Å². The Balaban J connectivity index is 1.75. The zero-order valence-electron chi connectivity index (χ0n) is 21.5.